The second-order valence-corrected chi connectivity index (χ2v) is 4.32. The minimum absolute atomic E-state index is 0.0505. The van der Waals surface area contributed by atoms with E-state index in [4.69, 9.17) is 16.4 Å². The number of halogens is 1. The molecule has 4 nitrogen and oxygen atoms in total. The maximum Gasteiger partial charge on any atom is 0.365 e. The zero-order valence-electron chi connectivity index (χ0n) is 10.1. The first kappa shape index (κ1) is 13.2. The number of hydrogen-bond acceptors (Lipinski definition) is 4. The molecule has 0 saturated carbocycles. The van der Waals surface area contributed by atoms with Crippen LogP contribution < -0.4 is 0 Å². The molecule has 0 aliphatic heterocycles. The largest absolute Gasteiger partial charge is 0.365 e. The van der Waals surface area contributed by atoms with Crippen LogP contribution in [0.1, 0.15) is 17.3 Å². The third kappa shape index (κ3) is 3.17. The summed E-state index contributed by atoms with van der Waals surface area (Å²) in [5.41, 5.74) is 1.17. The molecule has 0 aromatic heterocycles. The Labute approximate surface area is 115 Å². The molecule has 0 atom stereocenters. The average molecular weight is 276 g/mol. The third-order valence-electron chi connectivity index (χ3n) is 2.46. The molecule has 0 amide bonds. The quantitative estimate of drug-likeness (QED) is 0.474. The number of nitrogens with zero attached hydrogens (tertiary/aromatic N) is 1. The lowest BCUT2D eigenvalue weighted by molar-refractivity contribution is -0.111. The molecule has 19 heavy (non-hydrogen) atoms. The van der Waals surface area contributed by atoms with Gasteiger partial charge in [-0.05, 0) is 31.2 Å². The van der Waals surface area contributed by atoms with Crippen LogP contribution in [0, 0.1) is 0 Å². The molecule has 96 valence electrons. The molecule has 0 heterocycles. The van der Waals surface area contributed by atoms with Crippen molar-refractivity contribution >= 4 is 29.1 Å². The average Bonchev–Trinajstić information content (AvgIpc) is 2.43. The van der Waals surface area contributed by atoms with Crippen molar-refractivity contribution in [3.63, 3.8) is 0 Å². The second kappa shape index (κ2) is 5.63. The van der Waals surface area contributed by atoms with E-state index in [-0.39, 0.29) is 10.8 Å². The molecule has 0 saturated heterocycles. The molecule has 1 aromatic rings. The Balaban J connectivity index is 2.12. The Hall–Kier alpha value is -2.20. The van der Waals surface area contributed by atoms with Gasteiger partial charge in [-0.2, -0.15) is 0 Å². The summed E-state index contributed by atoms with van der Waals surface area (Å²) in [7, 11) is 0. The van der Waals surface area contributed by atoms with E-state index in [1.165, 1.54) is 12.2 Å². The summed E-state index contributed by atoms with van der Waals surface area (Å²) in [6.45, 7) is 1.62. The maximum atomic E-state index is 11.6. The highest BCUT2D eigenvalue weighted by Gasteiger charge is 2.16. The van der Waals surface area contributed by atoms with Gasteiger partial charge in [-0.3, -0.25) is 4.79 Å². The van der Waals surface area contributed by atoms with Crippen LogP contribution in [0.15, 0.2) is 58.2 Å². The number of benzene rings is 1. The number of carbonyl (C=O) groups is 2. The van der Waals surface area contributed by atoms with Crippen LogP contribution >= 0.6 is 11.6 Å². The van der Waals surface area contributed by atoms with Gasteiger partial charge in [-0.1, -0.05) is 35.0 Å². The van der Waals surface area contributed by atoms with Crippen LogP contribution in [-0.4, -0.2) is 17.5 Å². The summed E-state index contributed by atoms with van der Waals surface area (Å²) in [6.07, 6.45) is 2.86. The minimum Gasteiger partial charge on any atom is -0.312 e. The van der Waals surface area contributed by atoms with Gasteiger partial charge in [0.25, 0.3) is 0 Å². The molecule has 1 aliphatic carbocycles. The van der Waals surface area contributed by atoms with Crippen molar-refractivity contribution in [2.45, 2.75) is 6.92 Å². The van der Waals surface area contributed by atoms with E-state index in [0.717, 1.165) is 0 Å². The Bertz CT molecular complexity index is 591. The predicted octanol–water partition coefficient (Wildman–Crippen LogP) is 2.85. The number of Topliss-reactive ketones (excluding diaryl/α,β-unsaturated/α-hetero) is 1. The van der Waals surface area contributed by atoms with E-state index in [9.17, 15) is 9.59 Å². The monoisotopic (exact) mass is 275 g/mol. The van der Waals surface area contributed by atoms with Gasteiger partial charge in [0.05, 0.1) is 10.6 Å². The van der Waals surface area contributed by atoms with Crippen molar-refractivity contribution in [1.29, 1.82) is 0 Å². The number of ketones is 1. The number of rotatable bonds is 2. The predicted molar refractivity (Wildman–Crippen MR) is 72.0 cm³/mol. The molecule has 0 spiro atoms. The fourth-order valence-corrected chi connectivity index (χ4v) is 1.75. The highest BCUT2D eigenvalue weighted by molar-refractivity contribution is 6.48. The summed E-state index contributed by atoms with van der Waals surface area (Å²) < 4.78 is 0. The van der Waals surface area contributed by atoms with Crippen molar-refractivity contribution < 1.29 is 14.4 Å². The second-order valence-electron chi connectivity index (χ2n) is 3.91. The smallest absolute Gasteiger partial charge is 0.312 e. The first-order chi connectivity index (χ1) is 9.08. The van der Waals surface area contributed by atoms with Gasteiger partial charge in [-0.15, -0.1) is 0 Å². The highest BCUT2D eigenvalue weighted by atomic mass is 35.5. The van der Waals surface area contributed by atoms with Crippen molar-refractivity contribution in [2.24, 2.45) is 5.16 Å². The summed E-state index contributed by atoms with van der Waals surface area (Å²) >= 11 is 5.74. The van der Waals surface area contributed by atoms with Crippen molar-refractivity contribution in [3.05, 3.63) is 58.7 Å². The third-order valence-corrected chi connectivity index (χ3v) is 2.74. The number of oxime groups is 1. The lowest BCUT2D eigenvalue weighted by Crippen LogP contribution is -2.10. The van der Waals surface area contributed by atoms with E-state index in [1.54, 1.807) is 37.3 Å². The summed E-state index contributed by atoms with van der Waals surface area (Å²) in [6, 6.07) is 8.49. The van der Waals surface area contributed by atoms with Gasteiger partial charge in [0.15, 0.2) is 5.78 Å². The van der Waals surface area contributed by atoms with Crippen molar-refractivity contribution in [2.75, 3.05) is 0 Å². The molecular weight excluding hydrogens is 266 g/mol. The molecule has 0 unspecified atom stereocenters. The van der Waals surface area contributed by atoms with E-state index >= 15 is 0 Å². The van der Waals surface area contributed by atoms with Crippen LogP contribution in [0.2, 0.25) is 0 Å². The van der Waals surface area contributed by atoms with E-state index in [2.05, 4.69) is 5.16 Å². The molecular formula is C14H10ClNO3. The fraction of sp³-hybridized carbons (Fsp3) is 0.0714. The van der Waals surface area contributed by atoms with Gasteiger partial charge in [0, 0.05) is 5.57 Å². The first-order valence-electron chi connectivity index (χ1n) is 5.52. The molecule has 0 N–H and O–H groups in total. The molecule has 1 aliphatic rings. The van der Waals surface area contributed by atoms with Crippen molar-refractivity contribution in [3.8, 4) is 0 Å². The standard InChI is InChI=1S/C14H10ClNO3/c1-9-7-11(8-12(15)13(9)17)16-19-14(18)10-5-3-2-4-6-10/h2-8H,1H3/b16-11+. The SMILES string of the molecule is CC1=C/C(=N\OC(=O)c2ccccc2)C=C(Cl)C1=O. The minimum atomic E-state index is -0.569. The van der Waals surface area contributed by atoms with Crippen molar-refractivity contribution in [1.82, 2.24) is 0 Å². The topological polar surface area (TPSA) is 55.7 Å². The van der Waals surface area contributed by atoms with Crippen LogP contribution in [0.5, 0.6) is 0 Å². The first-order valence-corrected chi connectivity index (χ1v) is 5.90. The van der Waals surface area contributed by atoms with E-state index < -0.39 is 5.97 Å². The highest BCUT2D eigenvalue weighted by Crippen LogP contribution is 2.16. The van der Waals surface area contributed by atoms with Gasteiger partial charge in [-0.25, -0.2) is 4.79 Å². The molecule has 0 radical (unpaired) electrons. The zero-order chi connectivity index (χ0) is 13.8. The fourth-order valence-electron chi connectivity index (χ4n) is 1.49. The Morgan fingerprint density at radius 3 is 2.53 bits per heavy atom. The number of hydrogen-bond donors (Lipinski definition) is 0. The normalized spacial score (nSPS) is 16.9. The Morgan fingerprint density at radius 2 is 1.89 bits per heavy atom. The van der Waals surface area contributed by atoms with E-state index in [0.29, 0.717) is 16.8 Å². The molecule has 5 heteroatoms. The van der Waals surface area contributed by atoms with Gasteiger partial charge < -0.3 is 4.84 Å². The zero-order valence-corrected chi connectivity index (χ0v) is 10.8. The van der Waals surface area contributed by atoms with Crippen LogP contribution in [0.3, 0.4) is 0 Å². The van der Waals surface area contributed by atoms with Crippen LogP contribution in [0.4, 0.5) is 0 Å². The van der Waals surface area contributed by atoms with E-state index in [1.807, 2.05) is 0 Å². The van der Waals surface area contributed by atoms with Gasteiger partial charge in [0.1, 0.15) is 5.71 Å². The summed E-state index contributed by atoms with van der Waals surface area (Å²) in [5.74, 6) is -0.824. The number of allylic oxidation sites excluding steroid dienone is 4. The summed E-state index contributed by atoms with van der Waals surface area (Å²) in [4.78, 5) is 27.8. The van der Waals surface area contributed by atoms with Gasteiger partial charge in [0.2, 0.25) is 0 Å². The molecule has 0 bridgehead atoms. The lowest BCUT2D eigenvalue weighted by Gasteiger charge is -2.06. The number of carbonyl (C=O) groups excluding carboxylic acids is 2. The maximum absolute atomic E-state index is 11.6. The molecule has 1 aromatic carbocycles. The molecule has 0 fully saturated rings. The Kier molecular flexibility index (Phi) is 3.92. The molecule has 2 rings (SSSR count). The summed E-state index contributed by atoms with van der Waals surface area (Å²) in [5, 5.41) is 3.72. The van der Waals surface area contributed by atoms with Crippen LogP contribution in [-0.2, 0) is 9.63 Å². The Morgan fingerprint density at radius 1 is 1.21 bits per heavy atom. The van der Waals surface area contributed by atoms with Gasteiger partial charge >= 0.3 is 5.97 Å². The lowest BCUT2D eigenvalue weighted by atomic mass is 10.1. The van der Waals surface area contributed by atoms with Crippen LogP contribution in [0.25, 0.3) is 0 Å².